The summed E-state index contributed by atoms with van der Waals surface area (Å²) in [5, 5.41) is 0. The van der Waals surface area contributed by atoms with Gasteiger partial charge < -0.3 is 4.74 Å². The normalized spacial score (nSPS) is 6.39. The number of hydrogen-bond acceptors (Lipinski definition) is 1. The standard InChI is InChI=1S/C27H10O/c1-2-3-4-5-6-7-8-9-10-11-12-13-14-15-16-20-25-28-26-21-24-27-22-18-17-19-23-27/h1,17-19,21-24H,26H2/b24-21+. The first-order valence-corrected chi connectivity index (χ1v) is 7.72. The summed E-state index contributed by atoms with van der Waals surface area (Å²) >= 11 is 0. The quantitative estimate of drug-likeness (QED) is 0.601. The van der Waals surface area contributed by atoms with E-state index in [9.17, 15) is 0 Å². The Kier molecular flexibility index (Phi) is 12.4. The Bertz CT molecular complexity index is 1240. The molecule has 0 N–H and O–H groups in total. The maximum Gasteiger partial charge on any atom is 0.125 e. The second-order valence-corrected chi connectivity index (χ2v) is 4.25. The van der Waals surface area contributed by atoms with E-state index in [1.807, 2.05) is 42.5 Å². The fourth-order valence-electron chi connectivity index (χ4n) is 1.34. The maximum atomic E-state index is 5.09. The van der Waals surface area contributed by atoms with E-state index in [2.05, 4.69) is 101 Å². The molecule has 0 radical (unpaired) electrons. The van der Waals surface area contributed by atoms with E-state index in [-0.39, 0.29) is 0 Å². The van der Waals surface area contributed by atoms with Crippen LogP contribution >= 0.6 is 0 Å². The minimum Gasteiger partial charge on any atom is -0.442 e. The number of rotatable bonds is 3. The zero-order valence-corrected chi connectivity index (χ0v) is 14.7. The number of hydrogen-bond donors (Lipinski definition) is 0. The van der Waals surface area contributed by atoms with Gasteiger partial charge in [-0.15, -0.1) is 6.42 Å². The zero-order chi connectivity index (χ0) is 20.0. The predicted octanol–water partition coefficient (Wildman–Crippen LogP) is 2.33. The van der Waals surface area contributed by atoms with Gasteiger partial charge in [-0.1, -0.05) is 36.4 Å². The summed E-state index contributed by atoms with van der Waals surface area (Å²) in [5.41, 5.74) is 1.10. The number of ether oxygens (including phenoxy) is 1. The van der Waals surface area contributed by atoms with E-state index >= 15 is 0 Å². The summed E-state index contributed by atoms with van der Waals surface area (Å²) in [6.07, 6.45) is 11.2. The molecule has 0 atom stereocenters. The van der Waals surface area contributed by atoms with Crippen molar-refractivity contribution in [1.82, 2.24) is 0 Å². The molecule has 28 heavy (non-hydrogen) atoms. The average Bonchev–Trinajstić information content (AvgIpc) is 2.73. The Morgan fingerprint density at radius 1 is 0.643 bits per heavy atom. The van der Waals surface area contributed by atoms with Crippen LogP contribution in [0.25, 0.3) is 6.08 Å². The van der Waals surface area contributed by atoms with Crippen LogP contribution < -0.4 is 0 Å². The Balaban J connectivity index is 2.30. The molecule has 0 amide bonds. The van der Waals surface area contributed by atoms with Gasteiger partial charge in [0.15, 0.2) is 0 Å². The van der Waals surface area contributed by atoms with Crippen LogP contribution in [-0.4, -0.2) is 6.61 Å². The lowest BCUT2D eigenvalue weighted by atomic mass is 10.2. The van der Waals surface area contributed by atoms with Crippen molar-refractivity contribution in [2.45, 2.75) is 0 Å². The van der Waals surface area contributed by atoms with Gasteiger partial charge in [0.05, 0.1) is 0 Å². The molecular weight excluding hydrogens is 340 g/mol. The molecule has 0 saturated heterocycles. The molecule has 0 aromatic heterocycles. The Hall–Kier alpha value is -5.20. The molecule has 0 fully saturated rings. The molecule has 0 bridgehead atoms. The second kappa shape index (κ2) is 16.7. The van der Waals surface area contributed by atoms with Crippen molar-refractivity contribution in [2.24, 2.45) is 0 Å². The van der Waals surface area contributed by atoms with Crippen LogP contribution in [-0.2, 0) is 4.74 Å². The van der Waals surface area contributed by atoms with Crippen molar-refractivity contribution < 1.29 is 4.74 Å². The monoisotopic (exact) mass is 350 g/mol. The van der Waals surface area contributed by atoms with Gasteiger partial charge in [0.25, 0.3) is 0 Å². The van der Waals surface area contributed by atoms with Gasteiger partial charge in [-0.2, -0.15) is 0 Å². The maximum absolute atomic E-state index is 5.09. The van der Waals surface area contributed by atoms with Crippen LogP contribution in [0.15, 0.2) is 36.4 Å². The van der Waals surface area contributed by atoms with Crippen molar-refractivity contribution in [3.63, 3.8) is 0 Å². The largest absolute Gasteiger partial charge is 0.442 e. The van der Waals surface area contributed by atoms with Crippen molar-refractivity contribution in [2.75, 3.05) is 6.61 Å². The third-order valence-corrected chi connectivity index (χ3v) is 2.36. The van der Waals surface area contributed by atoms with Crippen LogP contribution in [0, 0.1) is 107 Å². The molecule has 1 nitrogen and oxygen atoms in total. The molecule has 1 aromatic rings. The van der Waals surface area contributed by atoms with E-state index in [1.165, 1.54) is 0 Å². The first-order valence-electron chi connectivity index (χ1n) is 7.72. The Labute approximate surface area is 167 Å². The van der Waals surface area contributed by atoms with Gasteiger partial charge in [0.1, 0.15) is 12.7 Å². The Morgan fingerprint density at radius 2 is 1.11 bits per heavy atom. The van der Waals surface area contributed by atoms with Gasteiger partial charge in [0.2, 0.25) is 0 Å². The highest BCUT2D eigenvalue weighted by Crippen LogP contribution is 2.00. The van der Waals surface area contributed by atoms with Crippen molar-refractivity contribution >= 4 is 6.08 Å². The van der Waals surface area contributed by atoms with Crippen LogP contribution in [0.4, 0.5) is 0 Å². The van der Waals surface area contributed by atoms with Crippen LogP contribution in [0.2, 0.25) is 0 Å². The lowest BCUT2D eigenvalue weighted by Gasteiger charge is -1.91. The summed E-state index contributed by atoms with van der Waals surface area (Å²) in [7, 11) is 0. The molecule has 1 heteroatoms. The summed E-state index contributed by atoms with van der Waals surface area (Å²) in [6.45, 7) is 0.381. The molecule has 0 unspecified atom stereocenters. The fraction of sp³-hybridized carbons (Fsp3) is 0.0370. The molecule has 0 aliphatic rings. The summed E-state index contributed by atoms with van der Waals surface area (Å²) in [6, 6.07) is 9.91. The van der Waals surface area contributed by atoms with Crippen molar-refractivity contribution in [3.8, 4) is 107 Å². The third kappa shape index (κ3) is 13.3. The fourth-order valence-corrected chi connectivity index (χ4v) is 1.34. The van der Waals surface area contributed by atoms with E-state index in [1.54, 1.807) is 0 Å². The third-order valence-electron chi connectivity index (χ3n) is 2.36. The highest BCUT2D eigenvalue weighted by molar-refractivity contribution is 5.49. The first-order chi connectivity index (χ1) is 13.9. The molecule has 1 rings (SSSR count). The van der Waals surface area contributed by atoms with Gasteiger partial charge in [-0.25, -0.2) is 0 Å². The van der Waals surface area contributed by atoms with Crippen molar-refractivity contribution in [1.29, 1.82) is 0 Å². The van der Waals surface area contributed by atoms with Crippen LogP contribution in [0.5, 0.6) is 0 Å². The zero-order valence-electron chi connectivity index (χ0n) is 14.7. The summed E-state index contributed by atoms with van der Waals surface area (Å²) in [4.78, 5) is 0. The molecule has 0 spiro atoms. The van der Waals surface area contributed by atoms with Gasteiger partial charge in [0, 0.05) is 47.4 Å². The number of benzene rings is 1. The van der Waals surface area contributed by atoms with E-state index in [0.29, 0.717) is 6.61 Å². The minimum atomic E-state index is 0.381. The van der Waals surface area contributed by atoms with Gasteiger partial charge >= 0.3 is 0 Å². The predicted molar refractivity (Wildman–Crippen MR) is 112 cm³/mol. The van der Waals surface area contributed by atoms with E-state index < -0.39 is 0 Å². The lowest BCUT2D eigenvalue weighted by Crippen LogP contribution is -1.80. The SMILES string of the molecule is C#CC#CC#CC#CC#CC#CC#CC#CC#COC/C=C/c1ccccc1. The smallest absolute Gasteiger partial charge is 0.125 e. The van der Waals surface area contributed by atoms with E-state index in [0.717, 1.165) is 5.56 Å². The lowest BCUT2D eigenvalue weighted by molar-refractivity contribution is 0.322. The highest BCUT2D eigenvalue weighted by Gasteiger charge is 1.81. The topological polar surface area (TPSA) is 9.23 Å². The first kappa shape index (κ1) is 20.8. The molecule has 0 aliphatic carbocycles. The molecule has 0 saturated carbocycles. The van der Waals surface area contributed by atoms with Crippen molar-refractivity contribution in [3.05, 3.63) is 42.0 Å². The van der Waals surface area contributed by atoms with Crippen LogP contribution in [0.1, 0.15) is 5.56 Å². The minimum absolute atomic E-state index is 0.381. The molecule has 1 aromatic carbocycles. The van der Waals surface area contributed by atoms with Gasteiger partial charge in [-0.3, -0.25) is 0 Å². The molecular formula is C27H10O. The highest BCUT2D eigenvalue weighted by atomic mass is 16.5. The Morgan fingerprint density at radius 3 is 1.61 bits per heavy atom. The molecule has 0 aliphatic heterocycles. The second-order valence-electron chi connectivity index (χ2n) is 4.25. The van der Waals surface area contributed by atoms with Gasteiger partial charge in [-0.05, 0) is 59.0 Å². The summed E-state index contributed by atoms with van der Waals surface area (Å²) < 4.78 is 5.09. The number of terminal acetylenes is 1. The van der Waals surface area contributed by atoms with E-state index in [4.69, 9.17) is 11.2 Å². The summed E-state index contributed by atoms with van der Waals surface area (Å²) in [5.74, 6) is 39.5. The van der Waals surface area contributed by atoms with Crippen LogP contribution in [0.3, 0.4) is 0 Å². The average molecular weight is 350 g/mol. The molecule has 124 valence electrons. The molecule has 0 heterocycles.